The molecule has 0 saturated carbocycles. The number of carbonyl (C=O) groups excluding carboxylic acids is 1. The number of likely N-dealkylation sites (tertiary alicyclic amines) is 1. The third-order valence-corrected chi connectivity index (χ3v) is 3.50. The van der Waals surface area contributed by atoms with E-state index in [2.05, 4.69) is 4.98 Å². The highest BCUT2D eigenvalue weighted by molar-refractivity contribution is 5.86. The molecule has 1 atom stereocenters. The topological polar surface area (TPSA) is 92.5 Å². The SMILES string of the molecule is Cc1cc(C)n(CCN2CC(C(=O)O)CC2=O)c(=O)n1. The van der Waals surface area contributed by atoms with Gasteiger partial charge in [0.15, 0.2) is 0 Å². The second kappa shape index (κ2) is 5.44. The molecule has 0 aliphatic carbocycles. The second-order valence-corrected chi connectivity index (χ2v) is 5.05. The van der Waals surface area contributed by atoms with Crippen LogP contribution >= 0.6 is 0 Å². The lowest BCUT2D eigenvalue weighted by Crippen LogP contribution is -2.34. The van der Waals surface area contributed by atoms with Crippen molar-refractivity contribution in [2.75, 3.05) is 13.1 Å². The molecular formula is C13H17N3O4. The zero-order chi connectivity index (χ0) is 14.9. The number of carboxylic acid groups (broad SMARTS) is 1. The minimum Gasteiger partial charge on any atom is -0.481 e. The average molecular weight is 279 g/mol. The van der Waals surface area contributed by atoms with Gasteiger partial charge in [-0.3, -0.25) is 14.2 Å². The molecule has 1 aromatic heterocycles. The summed E-state index contributed by atoms with van der Waals surface area (Å²) in [6.45, 7) is 4.42. The van der Waals surface area contributed by atoms with E-state index >= 15 is 0 Å². The Balaban J connectivity index is 2.05. The summed E-state index contributed by atoms with van der Waals surface area (Å²) in [6.07, 6.45) is 0.0371. The molecule has 1 saturated heterocycles. The van der Waals surface area contributed by atoms with Crippen molar-refractivity contribution in [3.8, 4) is 0 Å². The zero-order valence-corrected chi connectivity index (χ0v) is 11.5. The number of aliphatic carboxylic acids is 1. The summed E-state index contributed by atoms with van der Waals surface area (Å²) in [5.41, 5.74) is 1.10. The first kappa shape index (κ1) is 14.2. The van der Waals surface area contributed by atoms with Crippen LogP contribution in [0.5, 0.6) is 0 Å². The van der Waals surface area contributed by atoms with Crippen LogP contribution in [0.25, 0.3) is 0 Å². The highest BCUT2D eigenvalue weighted by Crippen LogP contribution is 2.17. The molecule has 1 aromatic rings. The van der Waals surface area contributed by atoms with Crippen molar-refractivity contribution in [2.45, 2.75) is 26.8 Å². The Morgan fingerprint density at radius 3 is 2.65 bits per heavy atom. The number of aromatic nitrogens is 2. The first-order chi connectivity index (χ1) is 9.38. The van der Waals surface area contributed by atoms with Crippen molar-refractivity contribution < 1.29 is 14.7 Å². The first-order valence-electron chi connectivity index (χ1n) is 6.44. The van der Waals surface area contributed by atoms with Crippen LogP contribution in [-0.2, 0) is 16.1 Å². The van der Waals surface area contributed by atoms with Crippen molar-refractivity contribution in [1.82, 2.24) is 14.5 Å². The van der Waals surface area contributed by atoms with Crippen molar-refractivity contribution >= 4 is 11.9 Å². The number of nitrogens with zero attached hydrogens (tertiary/aromatic N) is 3. The van der Waals surface area contributed by atoms with Gasteiger partial charge in [-0.15, -0.1) is 0 Å². The number of rotatable bonds is 4. The van der Waals surface area contributed by atoms with Gasteiger partial charge in [0.2, 0.25) is 5.91 Å². The van der Waals surface area contributed by atoms with Crippen LogP contribution in [0, 0.1) is 19.8 Å². The molecule has 0 bridgehead atoms. The lowest BCUT2D eigenvalue weighted by Gasteiger charge is -2.17. The smallest absolute Gasteiger partial charge is 0.348 e. The summed E-state index contributed by atoms with van der Waals surface area (Å²) < 4.78 is 1.49. The molecule has 1 aliphatic rings. The van der Waals surface area contributed by atoms with E-state index in [1.807, 2.05) is 6.92 Å². The molecule has 1 fully saturated rings. The Bertz CT molecular complexity index is 608. The molecule has 7 nitrogen and oxygen atoms in total. The van der Waals surface area contributed by atoms with E-state index < -0.39 is 11.9 Å². The van der Waals surface area contributed by atoms with E-state index in [4.69, 9.17) is 5.11 Å². The van der Waals surface area contributed by atoms with Gasteiger partial charge in [-0.25, -0.2) is 4.79 Å². The third-order valence-electron chi connectivity index (χ3n) is 3.50. The predicted octanol–water partition coefficient (Wildman–Crippen LogP) is -0.207. The molecule has 0 spiro atoms. The monoisotopic (exact) mass is 279 g/mol. The van der Waals surface area contributed by atoms with Gasteiger partial charge in [0, 0.05) is 37.4 Å². The molecule has 108 valence electrons. The fourth-order valence-electron chi connectivity index (χ4n) is 2.42. The van der Waals surface area contributed by atoms with Gasteiger partial charge in [-0.05, 0) is 19.9 Å². The number of carbonyl (C=O) groups is 2. The largest absolute Gasteiger partial charge is 0.481 e. The fraction of sp³-hybridized carbons (Fsp3) is 0.538. The summed E-state index contributed by atoms with van der Waals surface area (Å²) in [7, 11) is 0. The Kier molecular flexibility index (Phi) is 3.87. The molecule has 7 heteroatoms. The number of aryl methyl sites for hydroxylation is 2. The standard InChI is InChI=1S/C13H17N3O4/c1-8-5-9(2)16(13(20)14-8)4-3-15-7-10(12(18)19)6-11(15)17/h5,10H,3-4,6-7H2,1-2H3,(H,18,19). The average Bonchev–Trinajstić information content (AvgIpc) is 2.70. The predicted molar refractivity (Wildman–Crippen MR) is 70.3 cm³/mol. The van der Waals surface area contributed by atoms with Crippen LogP contribution in [0.1, 0.15) is 17.8 Å². The van der Waals surface area contributed by atoms with E-state index in [1.165, 1.54) is 9.47 Å². The van der Waals surface area contributed by atoms with Gasteiger partial charge in [-0.2, -0.15) is 4.98 Å². The summed E-state index contributed by atoms with van der Waals surface area (Å²) in [6, 6.07) is 1.80. The van der Waals surface area contributed by atoms with Crippen LogP contribution in [0.15, 0.2) is 10.9 Å². The summed E-state index contributed by atoms with van der Waals surface area (Å²) >= 11 is 0. The van der Waals surface area contributed by atoms with E-state index in [0.717, 1.165) is 5.69 Å². The third kappa shape index (κ3) is 2.87. The second-order valence-electron chi connectivity index (χ2n) is 5.05. The zero-order valence-electron chi connectivity index (χ0n) is 11.5. The number of amides is 1. The van der Waals surface area contributed by atoms with Crippen LogP contribution in [0.3, 0.4) is 0 Å². The van der Waals surface area contributed by atoms with Crippen molar-refractivity contribution in [3.05, 3.63) is 27.9 Å². The molecule has 20 heavy (non-hydrogen) atoms. The van der Waals surface area contributed by atoms with Crippen LogP contribution < -0.4 is 5.69 Å². The Labute approximate surface area is 115 Å². The lowest BCUT2D eigenvalue weighted by atomic mass is 10.1. The highest BCUT2D eigenvalue weighted by atomic mass is 16.4. The maximum Gasteiger partial charge on any atom is 0.348 e. The van der Waals surface area contributed by atoms with Crippen LogP contribution in [-0.4, -0.2) is 44.5 Å². The van der Waals surface area contributed by atoms with E-state index in [1.54, 1.807) is 13.0 Å². The van der Waals surface area contributed by atoms with Crippen LogP contribution in [0.2, 0.25) is 0 Å². The molecule has 2 heterocycles. The quantitative estimate of drug-likeness (QED) is 0.823. The van der Waals surface area contributed by atoms with Crippen LogP contribution in [0.4, 0.5) is 0 Å². The molecule has 1 N–H and O–H groups in total. The molecule has 0 radical (unpaired) electrons. The Morgan fingerprint density at radius 1 is 1.40 bits per heavy atom. The summed E-state index contributed by atoms with van der Waals surface area (Å²) in [5, 5.41) is 8.91. The molecule has 1 aliphatic heterocycles. The van der Waals surface area contributed by atoms with Gasteiger partial charge in [0.25, 0.3) is 0 Å². The maximum atomic E-state index is 11.8. The normalized spacial score (nSPS) is 18.6. The van der Waals surface area contributed by atoms with Gasteiger partial charge in [0.05, 0.1) is 5.92 Å². The molecular weight excluding hydrogens is 262 g/mol. The fourth-order valence-corrected chi connectivity index (χ4v) is 2.42. The van der Waals surface area contributed by atoms with Gasteiger partial charge < -0.3 is 10.0 Å². The highest BCUT2D eigenvalue weighted by Gasteiger charge is 2.33. The van der Waals surface area contributed by atoms with E-state index in [9.17, 15) is 14.4 Å². The minimum absolute atomic E-state index is 0.0371. The first-order valence-corrected chi connectivity index (χ1v) is 6.44. The maximum absolute atomic E-state index is 11.8. The molecule has 1 unspecified atom stereocenters. The minimum atomic E-state index is -0.953. The van der Waals surface area contributed by atoms with E-state index in [0.29, 0.717) is 18.8 Å². The Morgan fingerprint density at radius 2 is 2.10 bits per heavy atom. The van der Waals surface area contributed by atoms with Crippen molar-refractivity contribution in [2.24, 2.45) is 5.92 Å². The van der Waals surface area contributed by atoms with Gasteiger partial charge in [0.1, 0.15) is 0 Å². The Hall–Kier alpha value is -2.18. The summed E-state index contributed by atoms with van der Waals surface area (Å²) in [5.74, 6) is -1.77. The van der Waals surface area contributed by atoms with Crippen molar-refractivity contribution in [3.63, 3.8) is 0 Å². The molecule has 1 amide bonds. The number of hydrogen-bond donors (Lipinski definition) is 1. The lowest BCUT2D eigenvalue weighted by molar-refractivity contribution is -0.141. The van der Waals surface area contributed by atoms with Gasteiger partial charge in [-0.1, -0.05) is 0 Å². The van der Waals surface area contributed by atoms with Crippen molar-refractivity contribution in [1.29, 1.82) is 0 Å². The summed E-state index contributed by atoms with van der Waals surface area (Å²) in [4.78, 5) is 39.7. The molecule has 0 aromatic carbocycles. The number of hydrogen-bond acceptors (Lipinski definition) is 4. The number of carboxylic acids is 1. The van der Waals surface area contributed by atoms with Gasteiger partial charge >= 0.3 is 11.7 Å². The molecule has 2 rings (SSSR count). The van der Waals surface area contributed by atoms with E-state index in [-0.39, 0.29) is 24.6 Å².